The lowest BCUT2D eigenvalue weighted by Gasteiger charge is -2.02. The Balaban J connectivity index is 2.90. The van der Waals surface area contributed by atoms with Crippen LogP contribution in [0.5, 0.6) is 0 Å². The lowest BCUT2D eigenvalue weighted by Crippen LogP contribution is -2.04. The van der Waals surface area contributed by atoms with E-state index < -0.39 is 0 Å². The lowest BCUT2D eigenvalue weighted by molar-refractivity contribution is 0.0531. The third-order valence-corrected chi connectivity index (χ3v) is 3.29. The summed E-state index contributed by atoms with van der Waals surface area (Å²) in [6.45, 7) is 4.23. The first-order chi connectivity index (χ1) is 7.72. The molecular weight excluding hydrogens is 224 g/mol. The van der Waals surface area contributed by atoms with Gasteiger partial charge in [-0.2, -0.15) is 0 Å². The molecule has 4 heteroatoms. The summed E-state index contributed by atoms with van der Waals surface area (Å²) in [5, 5.41) is 0. The van der Waals surface area contributed by atoms with Crippen molar-refractivity contribution in [3.05, 3.63) is 21.4 Å². The van der Waals surface area contributed by atoms with E-state index in [1.54, 1.807) is 13.0 Å². The van der Waals surface area contributed by atoms with E-state index in [1.165, 1.54) is 11.3 Å². The van der Waals surface area contributed by atoms with E-state index in [0.29, 0.717) is 16.4 Å². The van der Waals surface area contributed by atoms with E-state index >= 15 is 0 Å². The molecule has 88 valence electrons. The van der Waals surface area contributed by atoms with Crippen LogP contribution < -0.4 is 0 Å². The summed E-state index contributed by atoms with van der Waals surface area (Å²) in [5.74, 6) is -0.313. The molecule has 0 N–H and O–H groups in total. The predicted molar refractivity (Wildman–Crippen MR) is 64.3 cm³/mol. The second kappa shape index (κ2) is 6.43. The SMILES string of the molecule is CCCCc1cc(C=O)sc1C(=O)OCC. The summed E-state index contributed by atoms with van der Waals surface area (Å²) in [7, 11) is 0. The minimum atomic E-state index is -0.313. The molecule has 0 aliphatic rings. The third kappa shape index (κ3) is 3.17. The summed E-state index contributed by atoms with van der Waals surface area (Å²) in [4.78, 5) is 23.5. The van der Waals surface area contributed by atoms with Crippen LogP contribution >= 0.6 is 11.3 Å². The molecule has 0 fully saturated rings. The number of carbonyl (C=O) groups is 2. The number of carbonyl (C=O) groups excluding carboxylic acids is 2. The van der Waals surface area contributed by atoms with Gasteiger partial charge in [-0.3, -0.25) is 4.79 Å². The van der Waals surface area contributed by atoms with E-state index in [2.05, 4.69) is 6.92 Å². The Morgan fingerprint density at radius 1 is 1.50 bits per heavy atom. The normalized spacial score (nSPS) is 10.1. The molecule has 0 saturated heterocycles. The summed E-state index contributed by atoms with van der Waals surface area (Å²) in [5.41, 5.74) is 0.937. The van der Waals surface area contributed by atoms with Crippen LogP contribution in [0.3, 0.4) is 0 Å². The van der Waals surface area contributed by atoms with E-state index in [0.717, 1.165) is 31.1 Å². The largest absolute Gasteiger partial charge is 0.462 e. The van der Waals surface area contributed by atoms with Crippen LogP contribution in [0.2, 0.25) is 0 Å². The molecule has 0 aliphatic carbocycles. The van der Waals surface area contributed by atoms with Crippen molar-refractivity contribution >= 4 is 23.6 Å². The first kappa shape index (κ1) is 12.9. The molecule has 3 nitrogen and oxygen atoms in total. The first-order valence-electron chi connectivity index (χ1n) is 5.47. The Morgan fingerprint density at radius 3 is 2.81 bits per heavy atom. The average molecular weight is 240 g/mol. The van der Waals surface area contributed by atoms with Crippen LogP contribution in [0.4, 0.5) is 0 Å². The van der Waals surface area contributed by atoms with Crippen molar-refractivity contribution in [3.8, 4) is 0 Å². The molecule has 0 bridgehead atoms. The van der Waals surface area contributed by atoms with Gasteiger partial charge in [0.15, 0.2) is 6.29 Å². The molecule has 0 aromatic carbocycles. The van der Waals surface area contributed by atoms with Gasteiger partial charge in [0.2, 0.25) is 0 Å². The molecular formula is C12H16O3S. The van der Waals surface area contributed by atoms with E-state index in [-0.39, 0.29) is 5.97 Å². The second-order valence-corrected chi connectivity index (χ2v) is 4.53. The van der Waals surface area contributed by atoms with Gasteiger partial charge >= 0.3 is 5.97 Å². The molecule has 1 rings (SSSR count). The minimum Gasteiger partial charge on any atom is -0.462 e. The summed E-state index contributed by atoms with van der Waals surface area (Å²) in [6, 6.07) is 1.79. The van der Waals surface area contributed by atoms with Gasteiger partial charge in [0.05, 0.1) is 11.5 Å². The van der Waals surface area contributed by atoms with Crippen molar-refractivity contribution in [2.24, 2.45) is 0 Å². The van der Waals surface area contributed by atoms with Crippen LogP contribution in [-0.4, -0.2) is 18.9 Å². The molecule has 1 aromatic rings. The molecule has 0 unspecified atom stereocenters. The van der Waals surface area contributed by atoms with Gasteiger partial charge in [0.1, 0.15) is 4.88 Å². The van der Waals surface area contributed by atoms with Gasteiger partial charge in [-0.25, -0.2) is 4.79 Å². The highest BCUT2D eigenvalue weighted by atomic mass is 32.1. The number of ether oxygens (including phenoxy) is 1. The highest BCUT2D eigenvalue weighted by Gasteiger charge is 2.16. The van der Waals surface area contributed by atoms with Crippen molar-refractivity contribution in [1.29, 1.82) is 0 Å². The van der Waals surface area contributed by atoms with E-state index in [9.17, 15) is 9.59 Å². The summed E-state index contributed by atoms with van der Waals surface area (Å²) in [6.07, 6.45) is 3.69. The van der Waals surface area contributed by atoms with Crippen molar-refractivity contribution < 1.29 is 14.3 Å². The third-order valence-electron chi connectivity index (χ3n) is 2.20. The number of unbranched alkanes of at least 4 members (excludes halogenated alkanes) is 1. The number of hydrogen-bond donors (Lipinski definition) is 0. The highest BCUT2D eigenvalue weighted by Crippen LogP contribution is 2.24. The fourth-order valence-electron chi connectivity index (χ4n) is 1.43. The molecule has 0 atom stereocenters. The molecule has 0 radical (unpaired) electrons. The van der Waals surface area contributed by atoms with Gasteiger partial charge in [0, 0.05) is 0 Å². The highest BCUT2D eigenvalue weighted by molar-refractivity contribution is 7.15. The molecule has 1 heterocycles. The standard InChI is InChI=1S/C12H16O3S/c1-3-5-6-9-7-10(8-13)16-11(9)12(14)15-4-2/h7-8H,3-6H2,1-2H3. The Kier molecular flexibility index (Phi) is 5.19. The Labute approximate surface area is 99.4 Å². The Morgan fingerprint density at radius 2 is 2.25 bits per heavy atom. The molecule has 0 aliphatic heterocycles. The zero-order valence-corrected chi connectivity index (χ0v) is 10.4. The smallest absolute Gasteiger partial charge is 0.348 e. The quantitative estimate of drug-likeness (QED) is 0.567. The van der Waals surface area contributed by atoms with Gasteiger partial charge in [-0.15, -0.1) is 11.3 Å². The molecule has 0 spiro atoms. The van der Waals surface area contributed by atoms with Gasteiger partial charge in [0.25, 0.3) is 0 Å². The number of hydrogen-bond acceptors (Lipinski definition) is 4. The topological polar surface area (TPSA) is 43.4 Å². The number of aryl methyl sites for hydroxylation is 1. The summed E-state index contributed by atoms with van der Waals surface area (Å²) >= 11 is 1.22. The fraction of sp³-hybridized carbons (Fsp3) is 0.500. The Hall–Kier alpha value is -1.16. The van der Waals surface area contributed by atoms with Crippen LogP contribution in [0, 0.1) is 0 Å². The van der Waals surface area contributed by atoms with Crippen LogP contribution in [0.15, 0.2) is 6.07 Å². The van der Waals surface area contributed by atoms with Gasteiger partial charge in [-0.05, 0) is 31.4 Å². The molecule has 16 heavy (non-hydrogen) atoms. The van der Waals surface area contributed by atoms with Crippen LogP contribution in [0.1, 0.15) is 51.6 Å². The monoisotopic (exact) mass is 240 g/mol. The van der Waals surface area contributed by atoms with Crippen LogP contribution in [-0.2, 0) is 11.2 Å². The minimum absolute atomic E-state index is 0.313. The first-order valence-corrected chi connectivity index (χ1v) is 6.29. The van der Waals surface area contributed by atoms with Crippen molar-refractivity contribution in [2.45, 2.75) is 33.1 Å². The van der Waals surface area contributed by atoms with Gasteiger partial charge in [-0.1, -0.05) is 13.3 Å². The predicted octanol–water partition coefficient (Wildman–Crippen LogP) is 3.08. The van der Waals surface area contributed by atoms with E-state index in [4.69, 9.17) is 4.74 Å². The second-order valence-electron chi connectivity index (χ2n) is 3.45. The number of aldehydes is 1. The molecule has 0 saturated carbocycles. The zero-order valence-electron chi connectivity index (χ0n) is 9.62. The van der Waals surface area contributed by atoms with E-state index in [1.807, 2.05) is 0 Å². The lowest BCUT2D eigenvalue weighted by atomic mass is 10.1. The van der Waals surface area contributed by atoms with Crippen molar-refractivity contribution in [2.75, 3.05) is 6.61 Å². The van der Waals surface area contributed by atoms with Crippen molar-refractivity contribution in [3.63, 3.8) is 0 Å². The summed E-state index contributed by atoms with van der Waals surface area (Å²) < 4.78 is 4.96. The van der Waals surface area contributed by atoms with Crippen molar-refractivity contribution in [1.82, 2.24) is 0 Å². The average Bonchev–Trinajstić information content (AvgIpc) is 2.70. The fourth-order valence-corrected chi connectivity index (χ4v) is 2.35. The maximum Gasteiger partial charge on any atom is 0.348 e. The molecule has 0 amide bonds. The number of esters is 1. The Bertz CT molecular complexity index is 368. The van der Waals surface area contributed by atoms with Gasteiger partial charge < -0.3 is 4.74 Å². The van der Waals surface area contributed by atoms with Crippen LogP contribution in [0.25, 0.3) is 0 Å². The molecule has 1 aromatic heterocycles. The zero-order chi connectivity index (χ0) is 12.0. The number of thiophene rings is 1. The maximum absolute atomic E-state index is 11.6. The maximum atomic E-state index is 11.6. The number of rotatable bonds is 6.